The van der Waals surface area contributed by atoms with Crippen LogP contribution in [0.4, 0.5) is 0 Å². The minimum atomic E-state index is 0.523. The highest BCUT2D eigenvalue weighted by atomic mass is 32.2. The van der Waals surface area contributed by atoms with Gasteiger partial charge in [0, 0.05) is 24.0 Å². The molecule has 6 nitrogen and oxygen atoms in total. The van der Waals surface area contributed by atoms with E-state index in [0.29, 0.717) is 52.9 Å². The Morgan fingerprint density at radius 3 is 1.28 bits per heavy atom. The Morgan fingerprint density at radius 1 is 0.517 bits per heavy atom. The molecule has 0 saturated carbocycles. The molecule has 0 bridgehead atoms. The zero-order chi connectivity index (χ0) is 20.6. The van der Waals surface area contributed by atoms with Gasteiger partial charge >= 0.3 is 0 Å². The summed E-state index contributed by atoms with van der Waals surface area (Å²) in [5, 5.41) is 0. The average Bonchev–Trinajstić information content (AvgIpc) is 2.75. The second kappa shape index (κ2) is 15.1. The molecule has 2 aromatic carbocycles. The van der Waals surface area contributed by atoms with Crippen molar-refractivity contribution in [2.45, 2.75) is 9.79 Å². The normalized spacial score (nSPS) is 10.8. The summed E-state index contributed by atoms with van der Waals surface area (Å²) in [6, 6.07) is 16.1. The van der Waals surface area contributed by atoms with Gasteiger partial charge in [-0.15, -0.1) is 0 Å². The molecular formula is C22H30O6S. The molecular weight excluding hydrogens is 392 g/mol. The SMILES string of the molecule is COCCOCCOc1ccc(Sc2ccc(OCCOCCOC)cc2)cc1. The van der Waals surface area contributed by atoms with Crippen molar-refractivity contribution < 1.29 is 28.4 Å². The van der Waals surface area contributed by atoms with Gasteiger partial charge in [-0.2, -0.15) is 0 Å². The van der Waals surface area contributed by atoms with Gasteiger partial charge in [-0.3, -0.25) is 0 Å². The van der Waals surface area contributed by atoms with Gasteiger partial charge in [0.25, 0.3) is 0 Å². The van der Waals surface area contributed by atoms with E-state index in [0.717, 1.165) is 21.3 Å². The minimum Gasteiger partial charge on any atom is -0.491 e. The van der Waals surface area contributed by atoms with Crippen molar-refractivity contribution in [3.8, 4) is 11.5 Å². The van der Waals surface area contributed by atoms with Crippen molar-refractivity contribution in [1.82, 2.24) is 0 Å². The Labute approximate surface area is 177 Å². The second-order valence-corrected chi connectivity index (χ2v) is 7.10. The second-order valence-electron chi connectivity index (χ2n) is 5.95. The first-order valence-electron chi connectivity index (χ1n) is 9.59. The molecule has 0 amide bonds. The topological polar surface area (TPSA) is 55.4 Å². The van der Waals surface area contributed by atoms with E-state index >= 15 is 0 Å². The summed E-state index contributed by atoms with van der Waals surface area (Å²) >= 11 is 1.69. The van der Waals surface area contributed by atoms with Gasteiger partial charge < -0.3 is 28.4 Å². The van der Waals surface area contributed by atoms with E-state index in [1.54, 1.807) is 26.0 Å². The molecule has 0 aliphatic carbocycles. The van der Waals surface area contributed by atoms with Crippen LogP contribution in [0.2, 0.25) is 0 Å². The number of hydrogen-bond donors (Lipinski definition) is 0. The number of ether oxygens (including phenoxy) is 6. The van der Waals surface area contributed by atoms with Crippen molar-refractivity contribution in [1.29, 1.82) is 0 Å². The van der Waals surface area contributed by atoms with Crippen molar-refractivity contribution >= 4 is 11.8 Å². The molecule has 0 N–H and O–H groups in total. The Balaban J connectivity index is 1.66. The summed E-state index contributed by atoms with van der Waals surface area (Å²) in [6.45, 7) is 4.51. The lowest BCUT2D eigenvalue weighted by atomic mass is 10.3. The Hall–Kier alpha value is -1.77. The van der Waals surface area contributed by atoms with E-state index in [2.05, 4.69) is 0 Å². The van der Waals surface area contributed by atoms with E-state index in [-0.39, 0.29) is 0 Å². The first-order valence-corrected chi connectivity index (χ1v) is 10.4. The highest BCUT2D eigenvalue weighted by Crippen LogP contribution is 2.30. The van der Waals surface area contributed by atoms with Gasteiger partial charge in [-0.05, 0) is 48.5 Å². The molecule has 0 fully saturated rings. The summed E-state index contributed by atoms with van der Waals surface area (Å²) in [5.74, 6) is 1.67. The third-order valence-corrected chi connectivity index (χ3v) is 4.76. The van der Waals surface area contributed by atoms with E-state index < -0.39 is 0 Å². The van der Waals surface area contributed by atoms with Gasteiger partial charge in [0.2, 0.25) is 0 Å². The summed E-state index contributed by atoms with van der Waals surface area (Å²) in [4.78, 5) is 2.29. The molecule has 29 heavy (non-hydrogen) atoms. The fraction of sp³-hybridized carbons (Fsp3) is 0.455. The maximum atomic E-state index is 5.67. The van der Waals surface area contributed by atoms with Crippen LogP contribution >= 0.6 is 11.8 Å². The molecule has 0 heterocycles. The van der Waals surface area contributed by atoms with Crippen LogP contribution in [0, 0.1) is 0 Å². The minimum absolute atomic E-state index is 0.523. The van der Waals surface area contributed by atoms with E-state index in [4.69, 9.17) is 28.4 Å². The van der Waals surface area contributed by atoms with Crippen LogP contribution in [0.25, 0.3) is 0 Å². The molecule has 0 radical (unpaired) electrons. The average molecular weight is 423 g/mol. The zero-order valence-electron chi connectivity index (χ0n) is 17.1. The summed E-state index contributed by atoms with van der Waals surface area (Å²) in [6.07, 6.45) is 0. The highest BCUT2D eigenvalue weighted by Gasteiger charge is 2.01. The van der Waals surface area contributed by atoms with Crippen molar-refractivity contribution in [3.05, 3.63) is 48.5 Å². The van der Waals surface area contributed by atoms with E-state index in [1.165, 1.54) is 0 Å². The smallest absolute Gasteiger partial charge is 0.119 e. The van der Waals surface area contributed by atoms with Crippen LogP contribution in [-0.2, 0) is 18.9 Å². The largest absolute Gasteiger partial charge is 0.491 e. The number of hydrogen-bond acceptors (Lipinski definition) is 7. The van der Waals surface area contributed by atoms with Crippen LogP contribution in [0.5, 0.6) is 11.5 Å². The zero-order valence-corrected chi connectivity index (χ0v) is 17.9. The molecule has 0 unspecified atom stereocenters. The van der Waals surface area contributed by atoms with Gasteiger partial charge in [0.1, 0.15) is 24.7 Å². The molecule has 2 rings (SSSR count). The molecule has 2 aromatic rings. The maximum absolute atomic E-state index is 5.67. The quantitative estimate of drug-likeness (QED) is 0.380. The van der Waals surface area contributed by atoms with E-state index in [9.17, 15) is 0 Å². The van der Waals surface area contributed by atoms with Crippen LogP contribution in [0.3, 0.4) is 0 Å². The highest BCUT2D eigenvalue weighted by molar-refractivity contribution is 7.99. The summed E-state index contributed by atoms with van der Waals surface area (Å²) < 4.78 is 31.9. The summed E-state index contributed by atoms with van der Waals surface area (Å²) in [7, 11) is 3.31. The van der Waals surface area contributed by atoms with Gasteiger partial charge in [-0.25, -0.2) is 0 Å². The lowest BCUT2D eigenvalue weighted by Crippen LogP contribution is -2.09. The summed E-state index contributed by atoms with van der Waals surface area (Å²) in [5.41, 5.74) is 0. The molecule has 0 atom stereocenters. The molecule has 160 valence electrons. The van der Waals surface area contributed by atoms with Crippen molar-refractivity contribution in [2.75, 3.05) is 67.1 Å². The number of rotatable bonds is 16. The molecule has 0 aromatic heterocycles. The standard InChI is InChI=1S/C22H30O6S/c1-23-11-13-25-15-17-27-19-3-7-21(8-4-19)29-22-9-5-20(6-10-22)28-18-16-26-14-12-24-2/h3-10H,11-18H2,1-2H3. The van der Waals surface area contributed by atoms with Gasteiger partial charge in [-0.1, -0.05) is 11.8 Å². The molecule has 0 aliphatic heterocycles. The third kappa shape index (κ3) is 10.5. The first kappa shape index (κ1) is 23.5. The predicted octanol–water partition coefficient (Wildman–Crippen LogP) is 3.92. The monoisotopic (exact) mass is 422 g/mol. The van der Waals surface area contributed by atoms with E-state index in [1.807, 2.05) is 48.5 Å². The van der Waals surface area contributed by atoms with Crippen LogP contribution < -0.4 is 9.47 Å². The Bertz CT molecular complexity index is 590. The predicted molar refractivity (Wildman–Crippen MR) is 113 cm³/mol. The lowest BCUT2D eigenvalue weighted by Gasteiger charge is -2.09. The van der Waals surface area contributed by atoms with Crippen molar-refractivity contribution in [2.24, 2.45) is 0 Å². The van der Waals surface area contributed by atoms with Crippen LogP contribution in [-0.4, -0.2) is 67.1 Å². The van der Waals surface area contributed by atoms with Gasteiger partial charge in [0.05, 0.1) is 39.6 Å². The van der Waals surface area contributed by atoms with Gasteiger partial charge in [0.15, 0.2) is 0 Å². The van der Waals surface area contributed by atoms with Crippen LogP contribution in [0.15, 0.2) is 58.3 Å². The fourth-order valence-corrected chi connectivity index (χ4v) is 3.09. The Kier molecular flexibility index (Phi) is 12.3. The molecule has 7 heteroatoms. The lowest BCUT2D eigenvalue weighted by molar-refractivity contribution is 0.0544. The molecule has 0 spiro atoms. The Morgan fingerprint density at radius 2 is 0.897 bits per heavy atom. The third-order valence-electron chi connectivity index (χ3n) is 3.74. The first-order chi connectivity index (χ1) is 14.3. The molecule has 0 aliphatic rings. The molecule has 0 saturated heterocycles. The fourth-order valence-electron chi connectivity index (χ4n) is 2.27. The maximum Gasteiger partial charge on any atom is 0.119 e. The van der Waals surface area contributed by atoms with Crippen molar-refractivity contribution in [3.63, 3.8) is 0 Å². The number of methoxy groups -OCH3 is 2. The number of benzene rings is 2. The van der Waals surface area contributed by atoms with Crippen LogP contribution in [0.1, 0.15) is 0 Å².